The minimum absolute atomic E-state index is 0.254. The van der Waals surface area contributed by atoms with E-state index in [-0.39, 0.29) is 5.91 Å². The van der Waals surface area contributed by atoms with E-state index in [1.165, 1.54) is 4.88 Å². The molecule has 0 saturated heterocycles. The third-order valence-electron chi connectivity index (χ3n) is 2.16. The van der Waals surface area contributed by atoms with Crippen molar-refractivity contribution in [3.05, 3.63) is 22.4 Å². The van der Waals surface area contributed by atoms with Gasteiger partial charge in [0, 0.05) is 24.9 Å². The van der Waals surface area contributed by atoms with Crippen LogP contribution in [0, 0.1) is 0 Å². The number of hydrogen-bond donors (Lipinski definition) is 0. The Morgan fingerprint density at radius 1 is 1.57 bits per heavy atom. The number of amides is 1. The summed E-state index contributed by atoms with van der Waals surface area (Å²) in [6, 6.07) is 4.16. The predicted octanol–water partition coefficient (Wildman–Crippen LogP) is 2.55. The molecule has 0 aliphatic heterocycles. The van der Waals surface area contributed by atoms with Gasteiger partial charge < -0.3 is 4.90 Å². The van der Waals surface area contributed by atoms with Crippen LogP contribution < -0.4 is 0 Å². The monoisotopic (exact) mass is 211 g/mol. The summed E-state index contributed by atoms with van der Waals surface area (Å²) in [5.74, 6) is 0.254. The van der Waals surface area contributed by atoms with Gasteiger partial charge in [-0.05, 0) is 24.3 Å². The molecule has 0 N–H and O–H groups in total. The molecule has 78 valence electrons. The first-order valence-electron chi connectivity index (χ1n) is 5.00. The smallest absolute Gasteiger partial charge is 0.222 e. The average molecular weight is 211 g/mol. The third-order valence-corrected chi connectivity index (χ3v) is 3.10. The number of nitrogens with zero attached hydrogens (tertiary/aromatic N) is 1. The molecule has 0 bridgehead atoms. The zero-order chi connectivity index (χ0) is 10.4. The Hall–Kier alpha value is -0.830. The molecule has 2 nitrogen and oxygen atoms in total. The van der Waals surface area contributed by atoms with E-state index in [2.05, 4.69) is 11.4 Å². The highest BCUT2D eigenvalue weighted by Gasteiger charge is 2.06. The van der Waals surface area contributed by atoms with Gasteiger partial charge in [0.05, 0.1) is 0 Å². The first-order chi connectivity index (χ1) is 6.74. The fourth-order valence-electron chi connectivity index (χ4n) is 1.26. The summed E-state index contributed by atoms with van der Waals surface area (Å²) in [7, 11) is 1.88. The summed E-state index contributed by atoms with van der Waals surface area (Å²) >= 11 is 1.75. The molecule has 3 heteroatoms. The number of rotatable bonds is 5. The van der Waals surface area contributed by atoms with Crippen LogP contribution in [-0.4, -0.2) is 24.4 Å². The van der Waals surface area contributed by atoms with Crippen LogP contribution in [0.5, 0.6) is 0 Å². The fourth-order valence-corrected chi connectivity index (χ4v) is 1.96. The summed E-state index contributed by atoms with van der Waals surface area (Å²) in [4.78, 5) is 14.6. The Kier molecular flexibility index (Phi) is 4.66. The Bertz CT molecular complexity index is 269. The van der Waals surface area contributed by atoms with Gasteiger partial charge in [-0.15, -0.1) is 11.3 Å². The van der Waals surface area contributed by atoms with Gasteiger partial charge in [0.25, 0.3) is 0 Å². The van der Waals surface area contributed by atoms with Crippen molar-refractivity contribution in [1.29, 1.82) is 0 Å². The highest BCUT2D eigenvalue weighted by molar-refractivity contribution is 7.09. The average Bonchev–Trinajstić information content (AvgIpc) is 2.67. The molecule has 0 atom stereocenters. The summed E-state index contributed by atoms with van der Waals surface area (Å²) in [5.41, 5.74) is 0. The summed E-state index contributed by atoms with van der Waals surface area (Å²) in [6.07, 6.45) is 2.58. The first kappa shape index (κ1) is 11.2. The summed E-state index contributed by atoms with van der Waals surface area (Å²) in [6.45, 7) is 2.87. The van der Waals surface area contributed by atoms with Gasteiger partial charge in [-0.25, -0.2) is 0 Å². The first-order valence-corrected chi connectivity index (χ1v) is 5.88. The van der Waals surface area contributed by atoms with Gasteiger partial charge in [0.2, 0.25) is 5.91 Å². The predicted molar refractivity (Wildman–Crippen MR) is 60.6 cm³/mol. The minimum atomic E-state index is 0.254. The van der Waals surface area contributed by atoms with Crippen LogP contribution in [0.2, 0.25) is 0 Å². The summed E-state index contributed by atoms with van der Waals surface area (Å²) < 4.78 is 0. The van der Waals surface area contributed by atoms with Crippen molar-refractivity contribution < 1.29 is 4.79 Å². The van der Waals surface area contributed by atoms with Crippen molar-refractivity contribution in [2.24, 2.45) is 0 Å². The van der Waals surface area contributed by atoms with Crippen molar-refractivity contribution >= 4 is 17.2 Å². The lowest BCUT2D eigenvalue weighted by atomic mass is 10.3. The molecule has 1 rings (SSSR count). The van der Waals surface area contributed by atoms with Crippen LogP contribution >= 0.6 is 11.3 Å². The van der Waals surface area contributed by atoms with Gasteiger partial charge >= 0.3 is 0 Å². The van der Waals surface area contributed by atoms with Crippen LogP contribution in [-0.2, 0) is 11.2 Å². The van der Waals surface area contributed by atoms with Crippen molar-refractivity contribution in [2.45, 2.75) is 26.2 Å². The van der Waals surface area contributed by atoms with Gasteiger partial charge in [0.1, 0.15) is 0 Å². The quantitative estimate of drug-likeness (QED) is 0.733. The van der Waals surface area contributed by atoms with Crippen LogP contribution in [0.4, 0.5) is 0 Å². The second-order valence-electron chi connectivity index (χ2n) is 3.39. The maximum Gasteiger partial charge on any atom is 0.222 e. The molecule has 0 spiro atoms. The molecule has 0 aliphatic carbocycles. The van der Waals surface area contributed by atoms with E-state index in [1.807, 2.05) is 24.9 Å². The van der Waals surface area contributed by atoms with Crippen LogP contribution in [0.25, 0.3) is 0 Å². The molecule has 1 amide bonds. The maximum atomic E-state index is 11.4. The number of thiophene rings is 1. The number of likely N-dealkylation sites (N-methyl/N-ethyl adjacent to an activating group) is 1. The molecular formula is C11H17NOS. The molecule has 1 aromatic heterocycles. The van der Waals surface area contributed by atoms with Crippen molar-refractivity contribution in [3.8, 4) is 0 Å². The van der Waals surface area contributed by atoms with E-state index in [1.54, 1.807) is 11.3 Å². The number of hydrogen-bond acceptors (Lipinski definition) is 2. The third kappa shape index (κ3) is 3.50. The molecule has 0 fully saturated rings. The zero-order valence-electron chi connectivity index (χ0n) is 8.82. The van der Waals surface area contributed by atoms with Crippen molar-refractivity contribution in [1.82, 2.24) is 4.90 Å². The molecule has 0 unspecified atom stereocenters. The lowest BCUT2D eigenvalue weighted by Crippen LogP contribution is -2.28. The van der Waals surface area contributed by atoms with Gasteiger partial charge in [0.15, 0.2) is 0 Å². The largest absolute Gasteiger partial charge is 0.345 e. The van der Waals surface area contributed by atoms with Crippen LogP contribution in [0.1, 0.15) is 24.6 Å². The normalized spacial score (nSPS) is 10.1. The van der Waals surface area contributed by atoms with E-state index in [4.69, 9.17) is 0 Å². The summed E-state index contributed by atoms with van der Waals surface area (Å²) in [5, 5.41) is 2.07. The molecule has 0 radical (unpaired) electrons. The maximum absolute atomic E-state index is 11.4. The highest BCUT2D eigenvalue weighted by atomic mass is 32.1. The second kappa shape index (κ2) is 5.81. The van der Waals surface area contributed by atoms with E-state index in [0.29, 0.717) is 6.42 Å². The van der Waals surface area contributed by atoms with E-state index in [9.17, 15) is 4.79 Å². The van der Waals surface area contributed by atoms with Crippen molar-refractivity contribution in [3.63, 3.8) is 0 Å². The van der Waals surface area contributed by atoms with Crippen molar-refractivity contribution in [2.75, 3.05) is 13.6 Å². The topological polar surface area (TPSA) is 20.3 Å². The molecule has 1 aromatic rings. The second-order valence-corrected chi connectivity index (χ2v) is 4.43. The number of carbonyl (C=O) groups excluding carboxylic acids is 1. The van der Waals surface area contributed by atoms with Gasteiger partial charge in [-0.2, -0.15) is 0 Å². The Labute approximate surface area is 89.5 Å². The lowest BCUT2D eigenvalue weighted by Gasteiger charge is -2.15. The number of carbonyl (C=O) groups is 1. The molecule has 0 aromatic carbocycles. The van der Waals surface area contributed by atoms with Crippen LogP contribution in [0.3, 0.4) is 0 Å². The fraction of sp³-hybridized carbons (Fsp3) is 0.545. The molecule has 0 aliphatic rings. The Balaban J connectivity index is 2.27. The Morgan fingerprint density at radius 3 is 2.93 bits per heavy atom. The van der Waals surface area contributed by atoms with E-state index in [0.717, 1.165) is 19.4 Å². The van der Waals surface area contributed by atoms with Crippen LogP contribution in [0.15, 0.2) is 17.5 Å². The Morgan fingerprint density at radius 2 is 2.36 bits per heavy atom. The molecule has 1 heterocycles. The zero-order valence-corrected chi connectivity index (χ0v) is 9.64. The molecule has 14 heavy (non-hydrogen) atoms. The molecular weight excluding hydrogens is 194 g/mol. The van der Waals surface area contributed by atoms with E-state index >= 15 is 0 Å². The van der Waals surface area contributed by atoms with Gasteiger partial charge in [-0.1, -0.05) is 13.0 Å². The SMILES string of the molecule is CCCC(=O)N(C)CCc1cccs1. The van der Waals surface area contributed by atoms with E-state index < -0.39 is 0 Å². The highest BCUT2D eigenvalue weighted by Crippen LogP contribution is 2.09. The van der Waals surface area contributed by atoms with Gasteiger partial charge in [-0.3, -0.25) is 4.79 Å². The molecule has 0 saturated carbocycles. The standard InChI is InChI=1S/C11H17NOS/c1-3-5-11(13)12(2)8-7-10-6-4-9-14-10/h4,6,9H,3,5,7-8H2,1-2H3. The lowest BCUT2D eigenvalue weighted by molar-refractivity contribution is -0.129. The minimum Gasteiger partial charge on any atom is -0.345 e.